The van der Waals surface area contributed by atoms with Crippen LogP contribution in [0.1, 0.15) is 53.4 Å². The maximum absolute atomic E-state index is 12.1. The number of hydrogen-bond acceptors (Lipinski definition) is 4. The Bertz CT molecular complexity index is 367. The average Bonchev–Trinajstić information content (AvgIpc) is 2.85. The van der Waals surface area contributed by atoms with E-state index in [4.69, 9.17) is 4.74 Å². The number of hydrogen-bond donors (Lipinski definition) is 1. The number of piperidine rings is 1. The van der Waals surface area contributed by atoms with Crippen molar-refractivity contribution in [2.45, 2.75) is 71.1 Å². The number of likely N-dealkylation sites (N-methyl/N-ethyl adjacent to an activating group) is 1. The topological polar surface area (TPSA) is 44.8 Å². The molecule has 2 aliphatic rings. The summed E-state index contributed by atoms with van der Waals surface area (Å²) in [6, 6.07) is 1.31. The molecule has 128 valence electrons. The molecule has 2 rings (SSSR count). The molecule has 0 aromatic heterocycles. The van der Waals surface area contributed by atoms with Crippen LogP contribution in [0.25, 0.3) is 0 Å². The fourth-order valence-corrected chi connectivity index (χ4v) is 3.58. The number of carbonyl (C=O) groups excluding carboxylic acids is 1. The summed E-state index contributed by atoms with van der Waals surface area (Å²) in [4.78, 5) is 16.5. The molecule has 2 unspecified atom stereocenters. The molecular formula is C17H33N3O2. The zero-order valence-corrected chi connectivity index (χ0v) is 14.7. The van der Waals surface area contributed by atoms with E-state index >= 15 is 0 Å². The molecule has 0 radical (unpaired) electrons. The predicted octanol–water partition coefficient (Wildman–Crippen LogP) is 2.46. The highest BCUT2D eigenvalue weighted by atomic mass is 16.6. The van der Waals surface area contributed by atoms with Crippen molar-refractivity contribution >= 4 is 6.09 Å². The van der Waals surface area contributed by atoms with Crippen molar-refractivity contribution in [3.63, 3.8) is 0 Å². The largest absolute Gasteiger partial charge is 0.444 e. The lowest BCUT2D eigenvalue weighted by atomic mass is 9.99. The van der Waals surface area contributed by atoms with Crippen LogP contribution in [0, 0.1) is 0 Å². The summed E-state index contributed by atoms with van der Waals surface area (Å²) in [7, 11) is 0. The lowest BCUT2D eigenvalue weighted by Crippen LogP contribution is -2.47. The number of ether oxygens (including phenoxy) is 1. The standard InChI is InChI=1S/C17H33N3O2/c1-5-19(16(21)22-17(2,3)4)13-10-18-14-9-12-20-11-7-6-8-15(14)20/h14-15,18H,5-13H2,1-4H3. The van der Waals surface area contributed by atoms with Gasteiger partial charge in [0.2, 0.25) is 0 Å². The van der Waals surface area contributed by atoms with Gasteiger partial charge in [-0.15, -0.1) is 0 Å². The van der Waals surface area contributed by atoms with Gasteiger partial charge in [-0.25, -0.2) is 4.79 Å². The van der Waals surface area contributed by atoms with Crippen LogP contribution >= 0.6 is 0 Å². The lowest BCUT2D eigenvalue weighted by Gasteiger charge is -2.33. The van der Waals surface area contributed by atoms with E-state index in [1.165, 1.54) is 38.8 Å². The van der Waals surface area contributed by atoms with Crippen molar-refractivity contribution < 1.29 is 9.53 Å². The molecule has 1 amide bonds. The molecule has 0 saturated carbocycles. The minimum Gasteiger partial charge on any atom is -0.444 e. The second-order valence-corrected chi connectivity index (χ2v) is 7.51. The Kier molecular flexibility index (Phi) is 6.09. The van der Waals surface area contributed by atoms with Crippen molar-refractivity contribution in [2.75, 3.05) is 32.7 Å². The van der Waals surface area contributed by atoms with E-state index in [1.54, 1.807) is 4.90 Å². The molecule has 0 aromatic carbocycles. The Morgan fingerprint density at radius 2 is 2.05 bits per heavy atom. The van der Waals surface area contributed by atoms with Crippen LogP contribution in [0.2, 0.25) is 0 Å². The number of nitrogens with one attached hydrogen (secondary N) is 1. The third-order valence-corrected chi connectivity index (χ3v) is 4.68. The molecule has 2 atom stereocenters. The summed E-state index contributed by atoms with van der Waals surface area (Å²) in [5.41, 5.74) is -0.425. The number of nitrogens with zero attached hydrogens (tertiary/aromatic N) is 2. The first-order valence-corrected chi connectivity index (χ1v) is 8.86. The Morgan fingerprint density at radius 3 is 2.73 bits per heavy atom. The van der Waals surface area contributed by atoms with Crippen LogP contribution in [-0.2, 0) is 4.74 Å². The fraction of sp³-hybridized carbons (Fsp3) is 0.941. The Hall–Kier alpha value is -0.810. The molecule has 1 N–H and O–H groups in total. The van der Waals surface area contributed by atoms with Crippen molar-refractivity contribution in [1.29, 1.82) is 0 Å². The monoisotopic (exact) mass is 311 g/mol. The predicted molar refractivity (Wildman–Crippen MR) is 89.1 cm³/mol. The highest BCUT2D eigenvalue weighted by Gasteiger charge is 2.35. The smallest absolute Gasteiger partial charge is 0.410 e. The third kappa shape index (κ3) is 4.85. The van der Waals surface area contributed by atoms with Gasteiger partial charge < -0.3 is 15.0 Å². The van der Waals surface area contributed by atoms with E-state index in [0.717, 1.165) is 6.54 Å². The number of carbonyl (C=O) groups is 1. The molecular weight excluding hydrogens is 278 g/mol. The first kappa shape index (κ1) is 17.5. The zero-order chi connectivity index (χ0) is 16.2. The molecule has 5 nitrogen and oxygen atoms in total. The SMILES string of the molecule is CCN(CCNC1CCN2CCCCC12)C(=O)OC(C)(C)C. The fourth-order valence-electron chi connectivity index (χ4n) is 3.58. The van der Waals surface area contributed by atoms with E-state index in [9.17, 15) is 4.79 Å². The molecule has 5 heteroatoms. The van der Waals surface area contributed by atoms with Crippen molar-refractivity contribution in [3.05, 3.63) is 0 Å². The molecule has 0 bridgehead atoms. The van der Waals surface area contributed by atoms with Crippen LogP contribution < -0.4 is 5.32 Å². The summed E-state index contributed by atoms with van der Waals surface area (Å²) in [6.07, 6.45) is 5.07. The summed E-state index contributed by atoms with van der Waals surface area (Å²) in [5, 5.41) is 3.67. The molecule has 2 heterocycles. The van der Waals surface area contributed by atoms with Crippen molar-refractivity contribution in [2.24, 2.45) is 0 Å². The van der Waals surface area contributed by atoms with Gasteiger partial charge in [-0.1, -0.05) is 6.42 Å². The van der Waals surface area contributed by atoms with Gasteiger partial charge in [0, 0.05) is 38.3 Å². The van der Waals surface area contributed by atoms with Gasteiger partial charge in [0.25, 0.3) is 0 Å². The summed E-state index contributed by atoms with van der Waals surface area (Å²) in [5.74, 6) is 0. The van der Waals surface area contributed by atoms with Crippen LogP contribution in [0.4, 0.5) is 4.79 Å². The van der Waals surface area contributed by atoms with E-state index in [2.05, 4.69) is 10.2 Å². The highest BCUT2D eigenvalue weighted by Crippen LogP contribution is 2.26. The Balaban J connectivity index is 1.73. The zero-order valence-electron chi connectivity index (χ0n) is 14.7. The third-order valence-electron chi connectivity index (χ3n) is 4.68. The lowest BCUT2D eigenvalue weighted by molar-refractivity contribution is 0.0260. The molecule has 0 aliphatic carbocycles. The molecule has 2 fully saturated rings. The first-order valence-electron chi connectivity index (χ1n) is 8.86. The van der Waals surface area contributed by atoms with Gasteiger partial charge in [0.05, 0.1) is 0 Å². The van der Waals surface area contributed by atoms with Crippen LogP contribution in [0.5, 0.6) is 0 Å². The average molecular weight is 311 g/mol. The Labute approximate surface area is 135 Å². The number of amides is 1. The molecule has 2 saturated heterocycles. The second kappa shape index (κ2) is 7.64. The van der Waals surface area contributed by atoms with E-state index in [-0.39, 0.29) is 6.09 Å². The number of fused-ring (bicyclic) bond motifs is 1. The maximum Gasteiger partial charge on any atom is 0.410 e. The summed E-state index contributed by atoms with van der Waals surface area (Å²) < 4.78 is 5.45. The molecule has 22 heavy (non-hydrogen) atoms. The van der Waals surface area contributed by atoms with Crippen LogP contribution in [0.15, 0.2) is 0 Å². The summed E-state index contributed by atoms with van der Waals surface area (Å²) >= 11 is 0. The van der Waals surface area contributed by atoms with E-state index < -0.39 is 5.60 Å². The quantitative estimate of drug-likeness (QED) is 0.847. The van der Waals surface area contributed by atoms with Crippen LogP contribution in [-0.4, -0.2) is 66.3 Å². The van der Waals surface area contributed by atoms with Gasteiger partial charge >= 0.3 is 6.09 Å². The normalized spacial score (nSPS) is 25.8. The molecule has 2 aliphatic heterocycles. The van der Waals surface area contributed by atoms with Crippen molar-refractivity contribution in [3.8, 4) is 0 Å². The van der Waals surface area contributed by atoms with Crippen molar-refractivity contribution in [1.82, 2.24) is 15.1 Å². The first-order chi connectivity index (χ1) is 10.4. The van der Waals surface area contributed by atoms with E-state index in [1.807, 2.05) is 27.7 Å². The van der Waals surface area contributed by atoms with Crippen LogP contribution in [0.3, 0.4) is 0 Å². The minimum atomic E-state index is -0.425. The maximum atomic E-state index is 12.1. The van der Waals surface area contributed by atoms with E-state index in [0.29, 0.717) is 25.2 Å². The molecule has 0 aromatic rings. The van der Waals surface area contributed by atoms with Gasteiger partial charge in [-0.05, 0) is 53.5 Å². The number of rotatable bonds is 5. The van der Waals surface area contributed by atoms with Gasteiger partial charge in [0.1, 0.15) is 5.60 Å². The van der Waals surface area contributed by atoms with Gasteiger partial charge in [0.15, 0.2) is 0 Å². The Morgan fingerprint density at radius 1 is 1.27 bits per heavy atom. The van der Waals surface area contributed by atoms with Gasteiger partial charge in [-0.3, -0.25) is 4.90 Å². The molecule has 0 spiro atoms. The second-order valence-electron chi connectivity index (χ2n) is 7.51. The van der Waals surface area contributed by atoms with Gasteiger partial charge in [-0.2, -0.15) is 0 Å². The highest BCUT2D eigenvalue weighted by molar-refractivity contribution is 5.68. The summed E-state index contributed by atoms with van der Waals surface area (Å²) in [6.45, 7) is 12.5. The minimum absolute atomic E-state index is 0.206.